The highest BCUT2D eigenvalue weighted by atomic mass is 32.1. The van der Waals surface area contributed by atoms with Gasteiger partial charge in [-0.25, -0.2) is 0 Å². The molecule has 0 aliphatic heterocycles. The van der Waals surface area contributed by atoms with Gasteiger partial charge in [-0.2, -0.15) is 0 Å². The van der Waals surface area contributed by atoms with Crippen LogP contribution in [0, 0.1) is 0 Å². The van der Waals surface area contributed by atoms with Crippen molar-refractivity contribution in [1.82, 2.24) is 9.88 Å². The molecule has 1 aromatic carbocycles. The van der Waals surface area contributed by atoms with E-state index in [9.17, 15) is 4.79 Å². The molecule has 5 heteroatoms. The van der Waals surface area contributed by atoms with Gasteiger partial charge in [0.15, 0.2) is 0 Å². The minimum absolute atomic E-state index is 0.0813. The minimum atomic E-state index is 0.0813. The van der Waals surface area contributed by atoms with Gasteiger partial charge in [0.05, 0.1) is 0 Å². The predicted octanol–water partition coefficient (Wildman–Crippen LogP) is 2.33. The summed E-state index contributed by atoms with van der Waals surface area (Å²) in [5, 5.41) is 4.16. The van der Waals surface area contributed by atoms with Crippen molar-refractivity contribution >= 4 is 34.0 Å². The van der Waals surface area contributed by atoms with Crippen molar-refractivity contribution in [2.24, 2.45) is 5.73 Å². The van der Waals surface area contributed by atoms with Crippen LogP contribution in [-0.2, 0) is 11.3 Å². The molecule has 1 heterocycles. The van der Waals surface area contributed by atoms with E-state index in [1.807, 2.05) is 35.0 Å². The maximum Gasteiger partial charge on any atom is 0.240 e. The van der Waals surface area contributed by atoms with E-state index in [1.165, 1.54) is 12.8 Å². The van der Waals surface area contributed by atoms with Gasteiger partial charge in [-0.05, 0) is 37.1 Å². The highest BCUT2D eigenvalue weighted by molar-refractivity contribution is 7.80. The van der Waals surface area contributed by atoms with E-state index < -0.39 is 0 Å². The lowest BCUT2D eigenvalue weighted by Crippen LogP contribution is -2.35. The van der Waals surface area contributed by atoms with Crippen LogP contribution >= 0.6 is 12.2 Å². The fraction of sp³-hybridized carbons (Fsp3) is 0.375. The average Bonchev–Trinajstić information content (AvgIpc) is 3.08. The number of carbonyl (C=O) groups excluding carboxylic acids is 1. The van der Waals surface area contributed by atoms with Crippen LogP contribution in [-0.4, -0.2) is 21.5 Å². The molecule has 1 aromatic heterocycles. The van der Waals surface area contributed by atoms with Crippen molar-refractivity contribution in [1.29, 1.82) is 0 Å². The summed E-state index contributed by atoms with van der Waals surface area (Å²) in [6.45, 7) is 0.354. The normalized spacial score (nSPS) is 15.4. The molecule has 1 amide bonds. The number of fused-ring (bicyclic) bond motifs is 1. The van der Waals surface area contributed by atoms with E-state index in [2.05, 4.69) is 5.32 Å². The monoisotopic (exact) mass is 301 g/mol. The lowest BCUT2D eigenvalue weighted by Gasteiger charge is -2.12. The van der Waals surface area contributed by atoms with Crippen LogP contribution in [0.5, 0.6) is 0 Å². The van der Waals surface area contributed by atoms with Crippen LogP contribution in [0.2, 0.25) is 0 Å². The number of benzene rings is 1. The average molecular weight is 301 g/mol. The summed E-state index contributed by atoms with van der Waals surface area (Å²) >= 11 is 4.99. The number of carbonyl (C=O) groups is 1. The number of nitrogens with zero attached hydrogens (tertiary/aromatic N) is 1. The Labute approximate surface area is 129 Å². The molecule has 110 valence electrons. The molecule has 0 saturated heterocycles. The van der Waals surface area contributed by atoms with Gasteiger partial charge in [-0.15, -0.1) is 0 Å². The molecule has 4 nitrogen and oxygen atoms in total. The first-order valence-corrected chi connectivity index (χ1v) is 7.72. The van der Waals surface area contributed by atoms with E-state index >= 15 is 0 Å². The molecule has 3 rings (SSSR count). The van der Waals surface area contributed by atoms with Crippen LogP contribution in [0.4, 0.5) is 0 Å². The Bertz CT molecular complexity index is 686. The zero-order valence-electron chi connectivity index (χ0n) is 11.8. The second-order valence-electron chi connectivity index (χ2n) is 5.63. The van der Waals surface area contributed by atoms with Gasteiger partial charge in [0.1, 0.15) is 11.5 Å². The summed E-state index contributed by atoms with van der Waals surface area (Å²) in [5.41, 5.74) is 7.52. The third-order valence-electron chi connectivity index (χ3n) is 4.09. The van der Waals surface area contributed by atoms with Crippen LogP contribution < -0.4 is 11.1 Å². The summed E-state index contributed by atoms with van der Waals surface area (Å²) in [6, 6.07) is 8.17. The summed E-state index contributed by atoms with van der Waals surface area (Å²) in [5.74, 6) is 0.0813. The summed E-state index contributed by atoms with van der Waals surface area (Å²) in [4.78, 5) is 12.5. The van der Waals surface area contributed by atoms with E-state index in [1.54, 1.807) is 0 Å². The Hall–Kier alpha value is -1.88. The van der Waals surface area contributed by atoms with Gasteiger partial charge in [0.2, 0.25) is 5.91 Å². The lowest BCUT2D eigenvalue weighted by molar-refractivity contribution is -0.122. The molecule has 0 bridgehead atoms. The Morgan fingerprint density at radius 1 is 1.33 bits per heavy atom. The number of thiocarbonyl (C=S) groups is 1. The van der Waals surface area contributed by atoms with Crippen molar-refractivity contribution in [3.8, 4) is 0 Å². The lowest BCUT2D eigenvalue weighted by atomic mass is 10.1. The van der Waals surface area contributed by atoms with Crippen LogP contribution in [0.1, 0.15) is 31.2 Å². The van der Waals surface area contributed by atoms with E-state index in [0.29, 0.717) is 17.6 Å². The number of hydrogen-bond donors (Lipinski definition) is 2. The van der Waals surface area contributed by atoms with Crippen molar-refractivity contribution in [3.05, 3.63) is 36.0 Å². The van der Waals surface area contributed by atoms with Gasteiger partial charge >= 0.3 is 0 Å². The number of rotatable bonds is 4. The van der Waals surface area contributed by atoms with Gasteiger partial charge < -0.3 is 15.6 Å². The molecule has 2 aromatic rings. The van der Waals surface area contributed by atoms with E-state index in [0.717, 1.165) is 29.3 Å². The molecule has 3 N–H and O–H groups in total. The zero-order valence-corrected chi connectivity index (χ0v) is 12.7. The molecular formula is C16H19N3OS. The first-order chi connectivity index (χ1) is 10.1. The second kappa shape index (κ2) is 5.85. The summed E-state index contributed by atoms with van der Waals surface area (Å²) in [7, 11) is 0. The maximum absolute atomic E-state index is 12.1. The van der Waals surface area contributed by atoms with Crippen LogP contribution in [0.3, 0.4) is 0 Å². The van der Waals surface area contributed by atoms with Crippen molar-refractivity contribution < 1.29 is 4.79 Å². The standard InChI is InChI=1S/C16H19N3OS/c17-16(21)12-5-6-14-11(9-12)7-8-19(14)10-15(20)18-13-3-1-2-4-13/h5-9,13H,1-4,10H2,(H2,17,21)(H,18,20). The smallest absolute Gasteiger partial charge is 0.240 e. The van der Waals surface area contributed by atoms with Crippen LogP contribution in [0.15, 0.2) is 30.5 Å². The molecular weight excluding hydrogens is 282 g/mol. The summed E-state index contributed by atoms with van der Waals surface area (Å²) in [6.07, 6.45) is 6.59. The molecule has 1 saturated carbocycles. The molecule has 1 fully saturated rings. The number of nitrogens with two attached hydrogens (primary N) is 1. The first-order valence-electron chi connectivity index (χ1n) is 7.31. The van der Waals surface area contributed by atoms with Gasteiger partial charge in [-0.1, -0.05) is 25.1 Å². The third kappa shape index (κ3) is 3.08. The third-order valence-corrected chi connectivity index (χ3v) is 4.33. The first kappa shape index (κ1) is 14.1. The zero-order chi connectivity index (χ0) is 14.8. The van der Waals surface area contributed by atoms with Gasteiger partial charge in [0, 0.05) is 28.7 Å². The number of aromatic nitrogens is 1. The van der Waals surface area contributed by atoms with Crippen LogP contribution in [0.25, 0.3) is 10.9 Å². The minimum Gasteiger partial charge on any atom is -0.389 e. The van der Waals surface area contributed by atoms with E-state index in [-0.39, 0.29) is 5.91 Å². The molecule has 0 atom stereocenters. The Balaban J connectivity index is 1.74. The fourth-order valence-electron chi connectivity index (χ4n) is 2.99. The molecule has 21 heavy (non-hydrogen) atoms. The topological polar surface area (TPSA) is 60.0 Å². The van der Waals surface area contributed by atoms with Gasteiger partial charge in [-0.3, -0.25) is 4.79 Å². The Morgan fingerprint density at radius 2 is 2.10 bits per heavy atom. The quantitative estimate of drug-likeness (QED) is 0.852. The maximum atomic E-state index is 12.1. The molecule has 1 aliphatic rings. The number of hydrogen-bond acceptors (Lipinski definition) is 2. The molecule has 0 spiro atoms. The summed E-state index contributed by atoms with van der Waals surface area (Å²) < 4.78 is 1.96. The van der Waals surface area contributed by atoms with E-state index in [4.69, 9.17) is 18.0 Å². The molecule has 0 radical (unpaired) electrons. The highest BCUT2D eigenvalue weighted by Crippen LogP contribution is 2.19. The van der Waals surface area contributed by atoms with Crippen molar-refractivity contribution in [2.45, 2.75) is 38.3 Å². The van der Waals surface area contributed by atoms with Crippen molar-refractivity contribution in [2.75, 3.05) is 0 Å². The Morgan fingerprint density at radius 3 is 2.81 bits per heavy atom. The SMILES string of the molecule is NC(=S)c1ccc2c(ccn2CC(=O)NC2CCCC2)c1. The Kier molecular flexibility index (Phi) is 3.92. The highest BCUT2D eigenvalue weighted by Gasteiger charge is 2.17. The number of nitrogens with one attached hydrogen (secondary N) is 1. The van der Waals surface area contributed by atoms with Crippen molar-refractivity contribution in [3.63, 3.8) is 0 Å². The largest absolute Gasteiger partial charge is 0.389 e. The van der Waals surface area contributed by atoms with Gasteiger partial charge in [0.25, 0.3) is 0 Å². The molecule has 1 aliphatic carbocycles. The second-order valence-corrected chi connectivity index (χ2v) is 6.07. The predicted molar refractivity (Wildman–Crippen MR) is 88.2 cm³/mol. The number of amides is 1. The molecule has 0 unspecified atom stereocenters. The fourth-order valence-corrected chi connectivity index (χ4v) is 3.12.